The highest BCUT2D eigenvalue weighted by atomic mass is 16.5. The van der Waals surface area contributed by atoms with E-state index in [0.29, 0.717) is 53.4 Å². The first-order chi connectivity index (χ1) is 22.0. The molecule has 1 fully saturated rings. The molecule has 0 aliphatic carbocycles. The average molecular weight is 616 g/mol. The molecule has 1 aliphatic heterocycles. The van der Waals surface area contributed by atoms with Crippen LogP contribution in [0.4, 0.5) is 21.9 Å². The highest BCUT2D eigenvalue weighted by Crippen LogP contribution is 2.34. The van der Waals surface area contributed by atoms with Gasteiger partial charge in [-0.15, -0.1) is 0 Å². The lowest BCUT2D eigenvalue weighted by Crippen LogP contribution is -2.43. The Morgan fingerprint density at radius 3 is 2.22 bits per heavy atom. The summed E-state index contributed by atoms with van der Waals surface area (Å²) in [5.74, 6) is 1.49. The number of ether oxygens (including phenoxy) is 2. The van der Waals surface area contributed by atoms with Crippen LogP contribution in [-0.4, -0.2) is 50.8 Å². The van der Waals surface area contributed by atoms with E-state index in [9.17, 15) is 9.59 Å². The van der Waals surface area contributed by atoms with Crippen LogP contribution in [0.3, 0.4) is 0 Å². The van der Waals surface area contributed by atoms with Gasteiger partial charge in [0.25, 0.3) is 5.91 Å². The van der Waals surface area contributed by atoms with Gasteiger partial charge in [-0.1, -0.05) is 33.1 Å². The molecule has 0 unspecified atom stereocenters. The van der Waals surface area contributed by atoms with Crippen LogP contribution in [0.25, 0.3) is 0 Å². The van der Waals surface area contributed by atoms with Gasteiger partial charge in [-0.3, -0.25) is 4.79 Å². The van der Waals surface area contributed by atoms with Gasteiger partial charge < -0.3 is 35.6 Å². The lowest BCUT2D eigenvalue weighted by molar-refractivity contribution is 0.102. The van der Waals surface area contributed by atoms with Crippen molar-refractivity contribution >= 4 is 29.0 Å². The van der Waals surface area contributed by atoms with E-state index >= 15 is 0 Å². The lowest BCUT2D eigenvalue weighted by Gasteiger charge is -2.36. The summed E-state index contributed by atoms with van der Waals surface area (Å²) in [6.07, 6.45) is 7.72. The first-order valence-electron chi connectivity index (χ1n) is 16.5. The number of carbonyl (C=O) groups excluding carboxylic acids is 2. The summed E-state index contributed by atoms with van der Waals surface area (Å²) >= 11 is 0. The minimum Gasteiger partial charge on any atom is -0.490 e. The van der Waals surface area contributed by atoms with Gasteiger partial charge in [0.15, 0.2) is 11.5 Å². The molecule has 0 radical (unpaired) electrons. The van der Waals surface area contributed by atoms with Crippen molar-refractivity contribution in [2.45, 2.75) is 71.8 Å². The summed E-state index contributed by atoms with van der Waals surface area (Å²) in [4.78, 5) is 27.8. The number of hydrogen-bond acceptors (Lipinski definition) is 6. The maximum atomic E-state index is 13.0. The van der Waals surface area contributed by atoms with Crippen LogP contribution in [-0.2, 0) is 0 Å². The maximum Gasteiger partial charge on any atom is 0.319 e. The molecule has 242 valence electrons. The zero-order valence-corrected chi connectivity index (χ0v) is 27.0. The predicted octanol–water partition coefficient (Wildman–Crippen LogP) is 7.80. The van der Waals surface area contributed by atoms with Crippen molar-refractivity contribution in [1.82, 2.24) is 10.6 Å². The van der Waals surface area contributed by atoms with Crippen LogP contribution in [0.1, 0.15) is 76.1 Å². The molecule has 4 rings (SSSR count). The molecule has 3 aromatic carbocycles. The fraction of sp³-hybridized carbons (Fsp3) is 0.444. The van der Waals surface area contributed by atoms with Crippen LogP contribution < -0.4 is 35.6 Å². The Kier molecular flexibility index (Phi) is 13.4. The van der Waals surface area contributed by atoms with Crippen LogP contribution in [0, 0.1) is 0 Å². The number of amides is 3. The van der Waals surface area contributed by atoms with Crippen molar-refractivity contribution in [1.29, 1.82) is 0 Å². The van der Waals surface area contributed by atoms with Crippen LogP contribution in [0.15, 0.2) is 66.7 Å². The third-order valence-corrected chi connectivity index (χ3v) is 7.87. The van der Waals surface area contributed by atoms with Gasteiger partial charge in [0.1, 0.15) is 5.75 Å². The van der Waals surface area contributed by atoms with Gasteiger partial charge in [-0.2, -0.15) is 0 Å². The number of urea groups is 1. The average Bonchev–Trinajstić information content (AvgIpc) is 3.06. The van der Waals surface area contributed by atoms with Crippen molar-refractivity contribution in [3.8, 4) is 17.2 Å². The second-order valence-corrected chi connectivity index (χ2v) is 11.3. The minimum atomic E-state index is -0.248. The SMILES string of the molecule is CCCCCNC(=O)Nc1ccc(Oc2ccc(NC(=O)c3ccc(N(CCCC)C4CCNCC4)cc3)cc2)c(OCC)c1. The van der Waals surface area contributed by atoms with E-state index in [2.05, 4.69) is 52.1 Å². The van der Waals surface area contributed by atoms with Crippen LogP contribution in [0.2, 0.25) is 0 Å². The summed E-state index contributed by atoms with van der Waals surface area (Å²) in [5, 5.41) is 12.2. The second kappa shape index (κ2) is 17.9. The van der Waals surface area contributed by atoms with E-state index in [4.69, 9.17) is 9.47 Å². The van der Waals surface area contributed by atoms with Crippen molar-refractivity contribution in [3.63, 3.8) is 0 Å². The maximum absolute atomic E-state index is 13.0. The van der Waals surface area contributed by atoms with Gasteiger partial charge in [0, 0.05) is 47.8 Å². The van der Waals surface area contributed by atoms with Crippen molar-refractivity contribution in [3.05, 3.63) is 72.3 Å². The number of hydrogen-bond donors (Lipinski definition) is 4. The number of nitrogens with one attached hydrogen (secondary N) is 4. The number of rotatable bonds is 16. The molecule has 3 amide bonds. The molecule has 0 aromatic heterocycles. The van der Waals surface area contributed by atoms with Gasteiger partial charge in [-0.05, 0) is 106 Å². The van der Waals surface area contributed by atoms with Gasteiger partial charge >= 0.3 is 6.03 Å². The number of benzene rings is 3. The van der Waals surface area contributed by atoms with E-state index in [0.717, 1.165) is 64.6 Å². The summed E-state index contributed by atoms with van der Waals surface area (Å²) in [7, 11) is 0. The molecule has 45 heavy (non-hydrogen) atoms. The molecule has 9 nitrogen and oxygen atoms in total. The summed E-state index contributed by atoms with van der Waals surface area (Å²) in [6.45, 7) is 10.5. The van der Waals surface area contributed by atoms with Crippen molar-refractivity contribution < 1.29 is 19.1 Å². The molecular formula is C36H49N5O4. The van der Waals surface area contributed by atoms with Crippen molar-refractivity contribution in [2.24, 2.45) is 0 Å². The quantitative estimate of drug-likeness (QED) is 0.123. The fourth-order valence-electron chi connectivity index (χ4n) is 5.40. The molecule has 0 bridgehead atoms. The number of nitrogens with zero attached hydrogens (tertiary/aromatic N) is 1. The molecule has 4 N–H and O–H groups in total. The third kappa shape index (κ3) is 10.4. The molecule has 0 spiro atoms. The van der Waals surface area contributed by atoms with Gasteiger partial charge in [0.2, 0.25) is 0 Å². The first kappa shape index (κ1) is 33.6. The normalized spacial score (nSPS) is 13.1. The molecular weight excluding hydrogens is 566 g/mol. The molecule has 1 aliphatic rings. The standard InChI is InChI=1S/C36H49N5O4/c1-4-7-9-22-38-36(43)40-29-14-19-33(34(26-29)44-6-3)45-32-17-12-28(13-18-32)39-35(42)27-10-15-30(16-11-27)41(25-8-5-2)31-20-23-37-24-21-31/h10-19,26,31,37H,4-9,20-25H2,1-3H3,(H,39,42)(H2,38,40,43). The second-order valence-electron chi connectivity index (χ2n) is 11.3. The summed E-state index contributed by atoms with van der Waals surface area (Å²) < 4.78 is 11.9. The third-order valence-electron chi connectivity index (χ3n) is 7.87. The predicted molar refractivity (Wildman–Crippen MR) is 183 cm³/mol. The first-order valence-corrected chi connectivity index (χ1v) is 16.5. The number of unbranched alkanes of at least 4 members (excludes halogenated alkanes) is 3. The minimum absolute atomic E-state index is 0.159. The van der Waals surface area contributed by atoms with Crippen LogP contribution >= 0.6 is 0 Å². The number of piperidine rings is 1. The zero-order chi connectivity index (χ0) is 31.9. The molecule has 0 atom stereocenters. The Morgan fingerprint density at radius 2 is 1.53 bits per heavy atom. The van der Waals surface area contributed by atoms with Gasteiger partial charge in [0.05, 0.1) is 6.61 Å². The Labute approximate surface area is 268 Å². The lowest BCUT2D eigenvalue weighted by atomic mass is 10.0. The smallest absolute Gasteiger partial charge is 0.319 e. The van der Waals surface area contributed by atoms with E-state index in [-0.39, 0.29) is 11.9 Å². The molecule has 0 saturated carbocycles. The zero-order valence-electron chi connectivity index (χ0n) is 27.0. The summed E-state index contributed by atoms with van der Waals surface area (Å²) in [6, 6.07) is 20.8. The van der Waals surface area contributed by atoms with E-state index in [1.54, 1.807) is 30.3 Å². The fourth-order valence-corrected chi connectivity index (χ4v) is 5.40. The highest BCUT2D eigenvalue weighted by Gasteiger charge is 2.21. The Bertz CT molecular complexity index is 1340. The van der Waals surface area contributed by atoms with E-state index < -0.39 is 0 Å². The molecule has 1 saturated heterocycles. The van der Waals surface area contributed by atoms with E-state index in [1.807, 2.05) is 31.2 Å². The molecule has 3 aromatic rings. The Hall–Kier alpha value is -4.24. The Morgan fingerprint density at radius 1 is 0.822 bits per heavy atom. The summed E-state index contributed by atoms with van der Waals surface area (Å²) in [5.41, 5.74) is 3.08. The number of anilines is 3. The highest BCUT2D eigenvalue weighted by molar-refractivity contribution is 6.04. The molecule has 9 heteroatoms. The van der Waals surface area contributed by atoms with Gasteiger partial charge in [-0.25, -0.2) is 4.79 Å². The van der Waals surface area contributed by atoms with E-state index in [1.165, 1.54) is 5.69 Å². The number of carbonyl (C=O) groups is 2. The largest absolute Gasteiger partial charge is 0.490 e. The van der Waals surface area contributed by atoms with Crippen molar-refractivity contribution in [2.75, 3.05) is 48.3 Å². The topological polar surface area (TPSA) is 104 Å². The molecule has 1 heterocycles. The monoisotopic (exact) mass is 615 g/mol. The van der Waals surface area contributed by atoms with Crippen LogP contribution in [0.5, 0.6) is 17.2 Å². The Balaban J connectivity index is 1.34.